The van der Waals surface area contributed by atoms with E-state index in [1.54, 1.807) is 0 Å². The third-order valence-corrected chi connectivity index (χ3v) is 11.7. The number of rotatable bonds is 12. The number of ether oxygens (including phenoxy) is 3. The molecule has 0 radical (unpaired) electrons. The molecule has 4 rings (SSSR count). The summed E-state index contributed by atoms with van der Waals surface area (Å²) in [5.41, 5.74) is 0.0875. The van der Waals surface area contributed by atoms with Crippen molar-refractivity contribution in [2.75, 3.05) is 19.8 Å². The van der Waals surface area contributed by atoms with Crippen LogP contribution in [0, 0.1) is 0 Å². The molecule has 3 atom stereocenters. The Morgan fingerprint density at radius 1 is 0.750 bits per heavy atom. The second-order valence-corrected chi connectivity index (χ2v) is 12.4. The number of benzene rings is 3. The van der Waals surface area contributed by atoms with Crippen molar-refractivity contribution in [3.05, 3.63) is 91.0 Å². The van der Waals surface area contributed by atoms with Crippen molar-refractivity contribution in [2.45, 2.75) is 44.6 Å². The van der Waals surface area contributed by atoms with E-state index in [9.17, 15) is 0 Å². The van der Waals surface area contributed by atoms with Crippen molar-refractivity contribution in [1.82, 2.24) is 0 Å². The van der Waals surface area contributed by atoms with Crippen LogP contribution in [0.5, 0.6) is 0 Å². The molecule has 0 spiro atoms. The zero-order valence-corrected chi connectivity index (χ0v) is 20.2. The van der Waals surface area contributed by atoms with E-state index in [1.807, 2.05) is 0 Å². The average Bonchev–Trinajstić information content (AvgIpc) is 3.70. The van der Waals surface area contributed by atoms with Crippen molar-refractivity contribution in [2.24, 2.45) is 0 Å². The van der Waals surface area contributed by atoms with Gasteiger partial charge >= 0.3 is 0 Å². The van der Waals surface area contributed by atoms with E-state index in [1.165, 1.54) is 15.6 Å². The molecule has 4 heteroatoms. The van der Waals surface area contributed by atoms with Crippen molar-refractivity contribution in [3.8, 4) is 0 Å². The smallest absolute Gasteiger partial charge is 0.179 e. The molecule has 1 aliphatic heterocycles. The van der Waals surface area contributed by atoms with E-state index in [0.717, 1.165) is 19.4 Å². The average molecular weight is 447 g/mol. The van der Waals surface area contributed by atoms with Gasteiger partial charge in [-0.3, -0.25) is 0 Å². The van der Waals surface area contributed by atoms with E-state index in [0.29, 0.717) is 13.2 Å². The standard InChI is InChI=1S/C28H34O3Si/c1-3-23(29-21-24-22-30-24)20-31-28(4-2)32(25-14-8-5-9-15-25,26-16-10-6-11-17-26)27-18-12-7-13-19-27/h5-19,23-24,28H,3-4,20-22H2,1-2H3. The van der Waals surface area contributed by atoms with Crippen LogP contribution in [0.4, 0.5) is 0 Å². The van der Waals surface area contributed by atoms with Crippen LogP contribution in [-0.2, 0) is 14.2 Å². The van der Waals surface area contributed by atoms with Crippen LogP contribution in [0.3, 0.4) is 0 Å². The molecule has 0 N–H and O–H groups in total. The lowest BCUT2D eigenvalue weighted by atomic mass is 10.3. The van der Waals surface area contributed by atoms with Crippen molar-refractivity contribution < 1.29 is 14.2 Å². The first kappa shape index (κ1) is 22.9. The highest BCUT2D eigenvalue weighted by Gasteiger charge is 2.46. The summed E-state index contributed by atoms with van der Waals surface area (Å²) in [4.78, 5) is 0. The largest absolute Gasteiger partial charge is 0.378 e. The molecular formula is C28H34O3Si. The number of hydrogen-bond acceptors (Lipinski definition) is 3. The van der Waals surface area contributed by atoms with Gasteiger partial charge in [0.2, 0.25) is 0 Å². The summed E-state index contributed by atoms with van der Waals surface area (Å²) in [5, 5.41) is 4.14. The van der Waals surface area contributed by atoms with E-state index in [-0.39, 0.29) is 17.9 Å². The monoisotopic (exact) mass is 446 g/mol. The lowest BCUT2D eigenvalue weighted by Crippen LogP contribution is -2.74. The van der Waals surface area contributed by atoms with Gasteiger partial charge in [0.1, 0.15) is 6.10 Å². The van der Waals surface area contributed by atoms with E-state index < -0.39 is 8.07 Å². The quantitative estimate of drug-likeness (QED) is 0.242. The maximum atomic E-state index is 6.82. The van der Waals surface area contributed by atoms with Gasteiger partial charge in [-0.1, -0.05) is 105 Å². The highest BCUT2D eigenvalue weighted by Crippen LogP contribution is 2.19. The lowest BCUT2D eigenvalue weighted by molar-refractivity contribution is -0.0327. The van der Waals surface area contributed by atoms with Gasteiger partial charge in [0.05, 0.1) is 31.7 Å². The van der Waals surface area contributed by atoms with E-state index in [4.69, 9.17) is 14.2 Å². The van der Waals surface area contributed by atoms with Crippen LogP contribution in [0.15, 0.2) is 91.0 Å². The van der Waals surface area contributed by atoms with Crippen LogP contribution in [0.2, 0.25) is 0 Å². The Hall–Kier alpha value is -2.24. The van der Waals surface area contributed by atoms with E-state index >= 15 is 0 Å². The van der Waals surface area contributed by atoms with Crippen LogP contribution >= 0.6 is 0 Å². The third-order valence-electron chi connectivity index (χ3n) is 6.40. The highest BCUT2D eigenvalue weighted by molar-refractivity contribution is 7.12. The molecule has 3 aromatic rings. The fraction of sp³-hybridized carbons (Fsp3) is 0.357. The highest BCUT2D eigenvalue weighted by atomic mass is 28.3. The lowest BCUT2D eigenvalue weighted by Gasteiger charge is -2.40. The minimum atomic E-state index is -2.47. The molecule has 0 bridgehead atoms. The molecular weight excluding hydrogens is 412 g/mol. The molecule has 1 heterocycles. The van der Waals surface area contributed by atoms with Gasteiger partial charge in [-0.05, 0) is 28.4 Å². The molecule has 3 nitrogen and oxygen atoms in total. The van der Waals surface area contributed by atoms with Gasteiger partial charge in [0.25, 0.3) is 0 Å². The van der Waals surface area contributed by atoms with Crippen LogP contribution in [-0.4, -0.2) is 45.8 Å². The molecule has 3 aromatic carbocycles. The van der Waals surface area contributed by atoms with Gasteiger partial charge in [0, 0.05) is 0 Å². The van der Waals surface area contributed by atoms with Crippen LogP contribution in [0.25, 0.3) is 0 Å². The second-order valence-electron chi connectivity index (χ2n) is 8.46. The molecule has 0 aliphatic carbocycles. The van der Waals surface area contributed by atoms with Crippen LogP contribution < -0.4 is 15.6 Å². The SMILES string of the molecule is CCC(COC(CC)[Si](c1ccccc1)(c1ccccc1)c1ccccc1)OCC1CO1. The second kappa shape index (κ2) is 11.1. The van der Waals surface area contributed by atoms with E-state index in [2.05, 4.69) is 105 Å². The zero-order chi connectivity index (χ0) is 22.2. The Bertz CT molecular complexity index is 832. The first-order valence-corrected chi connectivity index (χ1v) is 13.9. The Morgan fingerprint density at radius 2 is 1.22 bits per heavy atom. The Labute approximate surface area is 193 Å². The normalized spacial score (nSPS) is 17.6. The number of hydrogen-bond donors (Lipinski definition) is 0. The molecule has 0 saturated carbocycles. The molecule has 1 saturated heterocycles. The summed E-state index contributed by atoms with van der Waals surface area (Å²) >= 11 is 0. The summed E-state index contributed by atoms with van der Waals surface area (Å²) in [6, 6.07) is 33.0. The Morgan fingerprint density at radius 3 is 1.59 bits per heavy atom. The first-order chi connectivity index (χ1) is 15.8. The fourth-order valence-electron chi connectivity index (χ4n) is 4.62. The minimum absolute atomic E-state index is 0.0854. The molecule has 1 fully saturated rings. The number of epoxide rings is 1. The van der Waals surface area contributed by atoms with Gasteiger partial charge < -0.3 is 14.2 Å². The fourth-order valence-corrected chi connectivity index (χ4v) is 9.85. The summed E-state index contributed by atoms with van der Waals surface area (Å²) in [7, 11) is -2.47. The van der Waals surface area contributed by atoms with Gasteiger partial charge in [-0.2, -0.15) is 0 Å². The molecule has 168 valence electrons. The predicted octanol–water partition coefficient (Wildman–Crippen LogP) is 3.69. The predicted molar refractivity (Wildman–Crippen MR) is 134 cm³/mol. The molecule has 0 amide bonds. The Balaban J connectivity index is 1.74. The van der Waals surface area contributed by atoms with Gasteiger partial charge in [-0.25, -0.2) is 0 Å². The summed E-state index contributed by atoms with van der Waals surface area (Å²) in [6.07, 6.45) is 2.23. The van der Waals surface area contributed by atoms with Crippen molar-refractivity contribution in [1.29, 1.82) is 0 Å². The Kier molecular flexibility index (Phi) is 7.93. The molecule has 3 unspecified atom stereocenters. The van der Waals surface area contributed by atoms with Crippen molar-refractivity contribution >= 4 is 23.6 Å². The maximum Gasteiger partial charge on any atom is 0.179 e. The molecule has 1 aliphatic rings. The van der Waals surface area contributed by atoms with Crippen molar-refractivity contribution in [3.63, 3.8) is 0 Å². The van der Waals surface area contributed by atoms with Gasteiger partial charge in [0.15, 0.2) is 8.07 Å². The first-order valence-electron chi connectivity index (χ1n) is 11.8. The topological polar surface area (TPSA) is 31.0 Å². The summed E-state index contributed by atoms with van der Waals surface area (Å²) in [5.74, 6) is 0. The minimum Gasteiger partial charge on any atom is -0.378 e. The van der Waals surface area contributed by atoms with Gasteiger partial charge in [-0.15, -0.1) is 0 Å². The molecule has 32 heavy (non-hydrogen) atoms. The molecule has 0 aromatic heterocycles. The maximum absolute atomic E-state index is 6.82. The third kappa shape index (κ3) is 5.05. The zero-order valence-electron chi connectivity index (χ0n) is 19.2. The summed E-state index contributed by atoms with van der Waals surface area (Å²) < 4.78 is 18.2. The van der Waals surface area contributed by atoms with Crippen LogP contribution in [0.1, 0.15) is 26.7 Å². The summed E-state index contributed by atoms with van der Waals surface area (Å²) in [6.45, 7) is 6.50.